The van der Waals surface area contributed by atoms with Gasteiger partial charge in [0.05, 0.1) is 0 Å². The second-order valence-electron chi connectivity index (χ2n) is 2.16. The monoisotopic (exact) mass is 133 g/mol. The van der Waals surface area contributed by atoms with Gasteiger partial charge in [0.15, 0.2) is 5.23 Å². The Morgan fingerprint density at radius 1 is 1.11 bits per heavy atom. The largest absolute Gasteiger partial charge is 0.201 e. The third kappa shape index (κ3) is 7.88. The summed E-state index contributed by atoms with van der Waals surface area (Å²) in [6.45, 7) is 2.48. The van der Waals surface area contributed by atoms with E-state index in [1.165, 1.54) is 12.8 Å². The summed E-state index contributed by atoms with van der Waals surface area (Å²) in [6, 6.07) is 0. The van der Waals surface area contributed by atoms with Crippen molar-refractivity contribution >= 4 is 0 Å². The molecule has 0 unspecified atom stereocenters. The number of hydroxylamine groups is 2. The predicted molar refractivity (Wildman–Crippen MR) is 34.7 cm³/mol. The zero-order valence-electron chi connectivity index (χ0n) is 5.88. The van der Waals surface area contributed by atoms with Gasteiger partial charge in [-0.05, 0) is 6.42 Å². The van der Waals surface area contributed by atoms with Crippen LogP contribution in [0.1, 0.15) is 32.6 Å². The van der Waals surface area contributed by atoms with E-state index in [1.54, 1.807) is 0 Å². The van der Waals surface area contributed by atoms with Crippen molar-refractivity contribution in [1.29, 1.82) is 0 Å². The van der Waals surface area contributed by atoms with Crippen LogP contribution in [0.2, 0.25) is 0 Å². The fraction of sp³-hybridized carbons (Fsp3) is 1.00. The Morgan fingerprint density at radius 3 is 2.22 bits per heavy atom. The SMILES string of the molecule is CCCCCC[N+](O)O. The van der Waals surface area contributed by atoms with Crippen LogP contribution in [0, 0.1) is 0 Å². The van der Waals surface area contributed by atoms with Crippen LogP contribution in [0.5, 0.6) is 0 Å². The van der Waals surface area contributed by atoms with Crippen molar-refractivity contribution < 1.29 is 10.4 Å². The number of nitrogens with zero attached hydrogens (tertiary/aromatic N) is 1. The standard InChI is InChI=1S/C6H15NO2/c1-2-3-4-5-6-7(8)9/h8-9H,2-6H2,1H3/q+1. The molecule has 0 bridgehead atoms. The summed E-state index contributed by atoms with van der Waals surface area (Å²) in [7, 11) is 0. The summed E-state index contributed by atoms with van der Waals surface area (Å²) in [4.78, 5) is 0. The van der Waals surface area contributed by atoms with Gasteiger partial charge in [0.25, 0.3) is 0 Å². The fourth-order valence-corrected chi connectivity index (χ4v) is 0.680. The average molecular weight is 133 g/mol. The minimum Gasteiger partial charge on any atom is -0.124 e. The lowest BCUT2D eigenvalue weighted by Gasteiger charge is -1.92. The van der Waals surface area contributed by atoms with E-state index >= 15 is 0 Å². The van der Waals surface area contributed by atoms with Crippen LogP contribution in [0.3, 0.4) is 0 Å². The maximum atomic E-state index is 8.24. The third-order valence-corrected chi connectivity index (χ3v) is 1.21. The molecule has 55 valence electrons. The fourth-order valence-electron chi connectivity index (χ4n) is 0.680. The molecule has 3 heteroatoms. The van der Waals surface area contributed by atoms with Gasteiger partial charge in [0, 0.05) is 6.42 Å². The molecule has 0 aliphatic carbocycles. The summed E-state index contributed by atoms with van der Waals surface area (Å²) < 4.78 is 0. The molecule has 0 amide bonds. The molecule has 0 aromatic rings. The first-order chi connectivity index (χ1) is 4.27. The normalized spacial score (nSPS) is 10.7. The van der Waals surface area contributed by atoms with E-state index in [-0.39, 0.29) is 5.23 Å². The lowest BCUT2D eigenvalue weighted by molar-refractivity contribution is -0.205. The van der Waals surface area contributed by atoms with Gasteiger partial charge in [0.1, 0.15) is 0 Å². The highest BCUT2D eigenvalue weighted by Crippen LogP contribution is 1.97. The van der Waals surface area contributed by atoms with Gasteiger partial charge >= 0.3 is 0 Å². The molecule has 0 aliphatic rings. The first kappa shape index (κ1) is 8.88. The molecule has 0 atom stereocenters. The molecular weight excluding hydrogens is 118 g/mol. The van der Waals surface area contributed by atoms with E-state index in [0.29, 0.717) is 6.54 Å². The molecule has 0 aliphatic heterocycles. The highest BCUT2D eigenvalue weighted by atomic mass is 16.8. The summed E-state index contributed by atoms with van der Waals surface area (Å²) in [5.74, 6) is 0. The van der Waals surface area contributed by atoms with Crippen LogP contribution in [0.25, 0.3) is 0 Å². The van der Waals surface area contributed by atoms with Crippen molar-refractivity contribution in [3.63, 3.8) is 0 Å². The predicted octanol–water partition coefficient (Wildman–Crippen LogP) is 1.49. The third-order valence-electron chi connectivity index (χ3n) is 1.21. The summed E-state index contributed by atoms with van der Waals surface area (Å²) in [5.41, 5.74) is 0. The van der Waals surface area contributed by atoms with Crippen molar-refractivity contribution in [3.05, 3.63) is 0 Å². The van der Waals surface area contributed by atoms with Gasteiger partial charge in [-0.25, -0.2) is 0 Å². The van der Waals surface area contributed by atoms with Crippen molar-refractivity contribution in [1.82, 2.24) is 5.23 Å². The lowest BCUT2D eigenvalue weighted by Crippen LogP contribution is -2.21. The molecule has 0 heterocycles. The van der Waals surface area contributed by atoms with Gasteiger partial charge in [-0.1, -0.05) is 19.8 Å². The zero-order chi connectivity index (χ0) is 7.11. The Labute approximate surface area is 55.8 Å². The van der Waals surface area contributed by atoms with E-state index in [0.717, 1.165) is 12.8 Å². The molecule has 0 fully saturated rings. The average Bonchev–Trinajstić information content (AvgIpc) is 1.80. The molecule has 0 rings (SSSR count). The minimum absolute atomic E-state index is 0.246. The highest BCUT2D eigenvalue weighted by molar-refractivity contribution is 4.41. The summed E-state index contributed by atoms with van der Waals surface area (Å²) >= 11 is 0. The Hall–Kier alpha value is -0.120. The van der Waals surface area contributed by atoms with Gasteiger partial charge < -0.3 is 0 Å². The van der Waals surface area contributed by atoms with E-state index in [2.05, 4.69) is 6.92 Å². The Kier molecular flexibility index (Phi) is 5.93. The molecule has 0 saturated carbocycles. The van der Waals surface area contributed by atoms with Crippen molar-refractivity contribution in [2.45, 2.75) is 32.6 Å². The van der Waals surface area contributed by atoms with E-state index < -0.39 is 0 Å². The molecule has 9 heavy (non-hydrogen) atoms. The van der Waals surface area contributed by atoms with E-state index in [1.807, 2.05) is 0 Å². The van der Waals surface area contributed by atoms with E-state index in [4.69, 9.17) is 10.4 Å². The number of hydrogen-bond donors (Lipinski definition) is 2. The molecule has 0 aromatic carbocycles. The second-order valence-corrected chi connectivity index (χ2v) is 2.16. The van der Waals surface area contributed by atoms with Crippen LogP contribution < -0.4 is 5.23 Å². The van der Waals surface area contributed by atoms with Crippen molar-refractivity contribution in [2.75, 3.05) is 6.54 Å². The number of hydrogen-bond acceptors (Lipinski definition) is 3. The van der Waals surface area contributed by atoms with Crippen LogP contribution in [-0.2, 0) is 0 Å². The van der Waals surface area contributed by atoms with Crippen LogP contribution >= 0.6 is 0 Å². The molecule has 2 N–H and O–H groups in total. The molecule has 3 nitrogen and oxygen atoms in total. The van der Waals surface area contributed by atoms with Gasteiger partial charge in [-0.15, -0.1) is 10.4 Å². The van der Waals surface area contributed by atoms with Crippen LogP contribution in [0.4, 0.5) is 0 Å². The molecule has 0 saturated heterocycles. The first-order valence-corrected chi connectivity index (χ1v) is 3.42. The topological polar surface area (TPSA) is 46.4 Å². The highest BCUT2D eigenvalue weighted by Gasteiger charge is 2.03. The minimum atomic E-state index is 0.246. The Morgan fingerprint density at radius 2 is 1.78 bits per heavy atom. The smallest absolute Gasteiger partial charge is 0.124 e. The van der Waals surface area contributed by atoms with E-state index in [9.17, 15) is 0 Å². The maximum Gasteiger partial charge on any atom is 0.201 e. The Bertz CT molecular complexity index is 57.0. The van der Waals surface area contributed by atoms with Crippen LogP contribution in [0.15, 0.2) is 0 Å². The summed E-state index contributed by atoms with van der Waals surface area (Å²) in [6.07, 6.45) is 4.29. The maximum absolute atomic E-state index is 8.24. The summed E-state index contributed by atoms with van der Waals surface area (Å²) in [5, 5.41) is 16.7. The lowest BCUT2D eigenvalue weighted by atomic mass is 10.2. The van der Waals surface area contributed by atoms with Gasteiger partial charge in [-0.3, -0.25) is 0 Å². The number of rotatable bonds is 5. The molecular formula is C6H15NO2+. The van der Waals surface area contributed by atoms with Gasteiger partial charge in [-0.2, -0.15) is 0 Å². The quantitative estimate of drug-likeness (QED) is 0.441. The molecule has 0 spiro atoms. The molecule has 1 radical (unpaired) electrons. The van der Waals surface area contributed by atoms with Gasteiger partial charge in [0.2, 0.25) is 6.54 Å². The number of unbranched alkanes of at least 4 members (excludes halogenated alkanes) is 3. The van der Waals surface area contributed by atoms with Crippen molar-refractivity contribution in [3.8, 4) is 0 Å². The first-order valence-electron chi connectivity index (χ1n) is 3.42. The second kappa shape index (κ2) is 6.01. The Balaban J connectivity index is 2.75. The van der Waals surface area contributed by atoms with Crippen molar-refractivity contribution in [2.24, 2.45) is 0 Å². The zero-order valence-corrected chi connectivity index (χ0v) is 5.88. The van der Waals surface area contributed by atoms with Crippen LogP contribution in [-0.4, -0.2) is 17.0 Å². The molecule has 0 aromatic heterocycles.